The van der Waals surface area contributed by atoms with Crippen LogP contribution in [-0.4, -0.2) is 29.0 Å². The number of para-hydroxylation sites is 1. The zero-order chi connectivity index (χ0) is 18.2. The number of benzene rings is 2. The number of nitrogens with zero attached hydrogens (tertiary/aromatic N) is 1. The van der Waals surface area contributed by atoms with Gasteiger partial charge in [-0.1, -0.05) is 36.4 Å². The Morgan fingerprint density at radius 3 is 2.36 bits per heavy atom. The van der Waals surface area contributed by atoms with E-state index in [-0.39, 0.29) is 11.3 Å². The van der Waals surface area contributed by atoms with Gasteiger partial charge in [0.25, 0.3) is 10.0 Å². The highest BCUT2D eigenvalue weighted by atomic mass is 32.2. The highest BCUT2D eigenvalue weighted by molar-refractivity contribution is 7.90. The molecule has 0 aliphatic carbocycles. The maximum absolute atomic E-state index is 13.2. The third-order valence-corrected chi connectivity index (χ3v) is 5.84. The van der Waals surface area contributed by atoms with E-state index in [1.54, 1.807) is 48.5 Å². The number of carboxylic acids is 1. The Bertz CT molecular complexity index is 1040. The maximum atomic E-state index is 13.2. The molecule has 7 heteroatoms. The lowest BCUT2D eigenvalue weighted by Crippen LogP contribution is -2.47. The number of rotatable bonds is 5. The molecule has 2 aromatic carbocycles. The van der Waals surface area contributed by atoms with Gasteiger partial charge in [-0.15, -0.1) is 0 Å². The molecule has 1 unspecified atom stereocenters. The van der Waals surface area contributed by atoms with Crippen LogP contribution in [0.3, 0.4) is 0 Å². The van der Waals surface area contributed by atoms with Gasteiger partial charge in [0.2, 0.25) is 0 Å². The number of aromatic nitrogens is 1. The third-order valence-electron chi connectivity index (χ3n) is 4.06. The molecule has 1 atom stereocenters. The first-order valence-electron chi connectivity index (χ1n) is 7.66. The Morgan fingerprint density at radius 2 is 1.72 bits per heavy atom. The van der Waals surface area contributed by atoms with Gasteiger partial charge in [-0.2, -0.15) is 0 Å². The second-order valence-electron chi connectivity index (χ2n) is 6.18. The first kappa shape index (κ1) is 17.2. The SMILES string of the molecule is CC(N)(Cc1cc2ccccc2n1S(=O)(=O)c1ccccc1)C(=O)O. The van der Waals surface area contributed by atoms with Crippen molar-refractivity contribution < 1.29 is 18.3 Å². The summed E-state index contributed by atoms with van der Waals surface area (Å²) in [6, 6.07) is 16.7. The Labute approximate surface area is 145 Å². The van der Waals surface area contributed by atoms with Crippen LogP contribution < -0.4 is 5.73 Å². The quantitative estimate of drug-likeness (QED) is 0.728. The molecule has 0 saturated heterocycles. The van der Waals surface area contributed by atoms with Crippen LogP contribution in [-0.2, 0) is 21.2 Å². The minimum Gasteiger partial charge on any atom is -0.480 e. The third kappa shape index (κ3) is 3.04. The van der Waals surface area contributed by atoms with Crippen LogP contribution in [0.2, 0.25) is 0 Å². The Hall–Kier alpha value is -2.64. The lowest BCUT2D eigenvalue weighted by Gasteiger charge is -2.20. The van der Waals surface area contributed by atoms with Crippen molar-refractivity contribution >= 4 is 26.9 Å². The normalized spacial score (nSPS) is 14.3. The van der Waals surface area contributed by atoms with E-state index in [9.17, 15) is 18.3 Å². The van der Waals surface area contributed by atoms with Crippen molar-refractivity contribution in [2.75, 3.05) is 0 Å². The first-order valence-corrected chi connectivity index (χ1v) is 9.10. The van der Waals surface area contributed by atoms with Crippen LogP contribution in [0.15, 0.2) is 65.6 Å². The molecule has 0 radical (unpaired) electrons. The molecular formula is C18H18N2O4S. The predicted octanol–water partition coefficient (Wildman–Crippen LogP) is 2.22. The predicted molar refractivity (Wildman–Crippen MR) is 94.9 cm³/mol. The average Bonchev–Trinajstić information content (AvgIpc) is 2.93. The Morgan fingerprint density at radius 1 is 1.12 bits per heavy atom. The molecule has 3 rings (SSSR count). The number of fused-ring (bicyclic) bond motifs is 1. The fourth-order valence-electron chi connectivity index (χ4n) is 2.74. The Balaban J connectivity index is 2.26. The topological polar surface area (TPSA) is 102 Å². The number of hydrogen-bond donors (Lipinski definition) is 2. The average molecular weight is 358 g/mol. The van der Waals surface area contributed by atoms with Gasteiger partial charge >= 0.3 is 5.97 Å². The monoisotopic (exact) mass is 358 g/mol. The zero-order valence-electron chi connectivity index (χ0n) is 13.6. The van der Waals surface area contributed by atoms with E-state index in [2.05, 4.69) is 0 Å². The van der Waals surface area contributed by atoms with E-state index in [1.165, 1.54) is 23.0 Å². The molecule has 0 saturated carbocycles. The molecule has 25 heavy (non-hydrogen) atoms. The van der Waals surface area contributed by atoms with E-state index < -0.39 is 21.5 Å². The molecule has 3 aromatic rings. The lowest BCUT2D eigenvalue weighted by molar-refractivity contribution is -0.142. The molecule has 0 aliphatic heterocycles. The summed E-state index contributed by atoms with van der Waals surface area (Å²) < 4.78 is 27.5. The number of carbonyl (C=O) groups is 1. The van der Waals surface area contributed by atoms with E-state index in [4.69, 9.17) is 5.73 Å². The van der Waals surface area contributed by atoms with Gasteiger partial charge in [-0.3, -0.25) is 4.79 Å². The van der Waals surface area contributed by atoms with Crippen LogP contribution >= 0.6 is 0 Å². The molecule has 130 valence electrons. The minimum absolute atomic E-state index is 0.122. The molecule has 0 aliphatic rings. The van der Waals surface area contributed by atoms with Gasteiger partial charge in [0.05, 0.1) is 10.4 Å². The molecule has 0 spiro atoms. The van der Waals surface area contributed by atoms with Crippen LogP contribution in [0.25, 0.3) is 10.9 Å². The van der Waals surface area contributed by atoms with Crippen molar-refractivity contribution in [3.05, 3.63) is 66.4 Å². The van der Waals surface area contributed by atoms with Crippen molar-refractivity contribution in [1.29, 1.82) is 0 Å². The molecule has 1 heterocycles. The van der Waals surface area contributed by atoms with Crippen LogP contribution in [0, 0.1) is 0 Å². The summed E-state index contributed by atoms with van der Waals surface area (Å²) in [6.07, 6.45) is -0.122. The van der Waals surface area contributed by atoms with E-state index in [1.807, 2.05) is 0 Å². The van der Waals surface area contributed by atoms with Crippen molar-refractivity contribution in [3.63, 3.8) is 0 Å². The second-order valence-corrected chi connectivity index (χ2v) is 7.96. The molecular weight excluding hydrogens is 340 g/mol. The summed E-state index contributed by atoms with van der Waals surface area (Å²) in [7, 11) is -3.88. The smallest absolute Gasteiger partial charge is 0.323 e. The molecule has 0 amide bonds. The maximum Gasteiger partial charge on any atom is 0.323 e. The Kier molecular flexibility index (Phi) is 4.14. The lowest BCUT2D eigenvalue weighted by atomic mass is 9.97. The van der Waals surface area contributed by atoms with Crippen molar-refractivity contribution in [3.8, 4) is 0 Å². The summed E-state index contributed by atoms with van der Waals surface area (Å²) >= 11 is 0. The van der Waals surface area contributed by atoms with Crippen LogP contribution in [0.1, 0.15) is 12.6 Å². The van der Waals surface area contributed by atoms with Crippen molar-refractivity contribution in [2.24, 2.45) is 5.73 Å². The van der Waals surface area contributed by atoms with Gasteiger partial charge in [0.15, 0.2) is 0 Å². The highest BCUT2D eigenvalue weighted by Crippen LogP contribution is 2.27. The van der Waals surface area contributed by atoms with E-state index >= 15 is 0 Å². The number of hydrogen-bond acceptors (Lipinski definition) is 4. The van der Waals surface area contributed by atoms with E-state index in [0.29, 0.717) is 16.6 Å². The largest absolute Gasteiger partial charge is 0.480 e. The van der Waals surface area contributed by atoms with Gasteiger partial charge in [-0.25, -0.2) is 12.4 Å². The van der Waals surface area contributed by atoms with Crippen LogP contribution in [0.5, 0.6) is 0 Å². The summed E-state index contributed by atoms with van der Waals surface area (Å²) in [5, 5.41) is 10.0. The zero-order valence-corrected chi connectivity index (χ0v) is 14.4. The van der Waals surface area contributed by atoms with Gasteiger partial charge in [0, 0.05) is 17.5 Å². The summed E-state index contributed by atoms with van der Waals surface area (Å²) in [4.78, 5) is 11.5. The standard InChI is InChI=1S/C18H18N2O4S/c1-18(19,17(21)22)12-14-11-13-7-5-6-10-16(13)20(14)25(23,24)15-8-3-2-4-9-15/h2-11H,12,19H2,1H3,(H,21,22). The molecule has 0 fully saturated rings. The number of carboxylic acid groups (broad SMARTS) is 1. The number of aliphatic carboxylic acids is 1. The fraction of sp³-hybridized carbons (Fsp3) is 0.167. The summed E-state index contributed by atoms with van der Waals surface area (Å²) in [5.41, 5.74) is 5.09. The number of nitrogens with two attached hydrogens (primary N) is 1. The molecule has 6 nitrogen and oxygen atoms in total. The molecule has 3 N–H and O–H groups in total. The minimum atomic E-state index is -3.88. The molecule has 1 aromatic heterocycles. The summed E-state index contributed by atoms with van der Waals surface area (Å²) in [6.45, 7) is 1.37. The van der Waals surface area contributed by atoms with Gasteiger partial charge < -0.3 is 10.8 Å². The van der Waals surface area contributed by atoms with Gasteiger partial charge in [0.1, 0.15) is 5.54 Å². The van der Waals surface area contributed by atoms with Crippen molar-refractivity contribution in [1.82, 2.24) is 3.97 Å². The highest BCUT2D eigenvalue weighted by Gasteiger charge is 2.32. The van der Waals surface area contributed by atoms with E-state index in [0.717, 1.165) is 0 Å². The fourth-order valence-corrected chi connectivity index (χ4v) is 4.31. The van der Waals surface area contributed by atoms with Crippen LogP contribution in [0.4, 0.5) is 0 Å². The second kappa shape index (κ2) is 6.02. The van der Waals surface area contributed by atoms with Crippen molar-refractivity contribution in [2.45, 2.75) is 23.8 Å². The first-order chi connectivity index (χ1) is 11.7. The summed E-state index contributed by atoms with van der Waals surface area (Å²) in [5.74, 6) is -1.19. The molecule has 0 bridgehead atoms. The van der Waals surface area contributed by atoms with Gasteiger partial charge in [-0.05, 0) is 31.2 Å².